The Labute approximate surface area is 168 Å². The van der Waals surface area contributed by atoms with E-state index in [1.807, 2.05) is 12.2 Å². The molecule has 0 bridgehead atoms. The Bertz CT molecular complexity index is 1020. The molecule has 0 aromatic heterocycles. The average molecular weight is 388 g/mol. The zero-order valence-corrected chi connectivity index (χ0v) is 15.9. The summed E-state index contributed by atoms with van der Waals surface area (Å²) >= 11 is 0. The van der Waals surface area contributed by atoms with Crippen molar-refractivity contribution in [3.8, 4) is 0 Å². The molecule has 1 aliphatic heterocycles. The largest absolute Gasteiger partial charge is 0.343 e. The third kappa shape index (κ3) is 4.55. The van der Waals surface area contributed by atoms with Gasteiger partial charge in [-0.15, -0.1) is 0 Å². The number of rotatable bonds is 7. The highest BCUT2D eigenvalue weighted by Crippen LogP contribution is 2.30. The summed E-state index contributed by atoms with van der Waals surface area (Å²) in [6, 6.07) is 14.9. The Hall–Kier alpha value is -3.80. The van der Waals surface area contributed by atoms with E-state index in [0.29, 0.717) is 23.4 Å². The lowest BCUT2D eigenvalue weighted by molar-refractivity contribution is -0.385. The summed E-state index contributed by atoms with van der Waals surface area (Å²) in [5.74, 6) is -1.60. The third-order valence-corrected chi connectivity index (χ3v) is 4.66. The Morgan fingerprint density at radius 2 is 1.76 bits per heavy atom. The lowest BCUT2D eigenvalue weighted by atomic mass is 9.94. The molecule has 146 valence electrons. The van der Waals surface area contributed by atoms with E-state index in [9.17, 15) is 19.7 Å². The molecule has 1 aliphatic rings. The maximum absolute atomic E-state index is 12.9. The van der Waals surface area contributed by atoms with Gasteiger partial charge in [-0.25, -0.2) is 0 Å². The first-order valence-electron chi connectivity index (χ1n) is 9.17. The van der Waals surface area contributed by atoms with Crippen molar-refractivity contribution in [3.05, 3.63) is 106 Å². The van der Waals surface area contributed by atoms with Gasteiger partial charge in [0.25, 0.3) is 5.69 Å². The Balaban J connectivity index is 2.00. The van der Waals surface area contributed by atoms with Gasteiger partial charge in [0.05, 0.1) is 22.1 Å². The van der Waals surface area contributed by atoms with Gasteiger partial charge in [-0.2, -0.15) is 0 Å². The normalized spacial score (nSPS) is 14.5. The fourth-order valence-corrected chi connectivity index (χ4v) is 3.05. The van der Waals surface area contributed by atoms with Gasteiger partial charge in [0.2, 0.25) is 0 Å². The number of carbonyl (C=O) groups excluding carboxylic acids is 2. The van der Waals surface area contributed by atoms with Crippen LogP contribution in [0.4, 0.5) is 5.69 Å². The molecule has 0 saturated heterocycles. The maximum atomic E-state index is 12.9. The molecule has 0 aliphatic carbocycles. The van der Waals surface area contributed by atoms with E-state index in [1.165, 1.54) is 12.1 Å². The van der Waals surface area contributed by atoms with Crippen molar-refractivity contribution in [1.29, 1.82) is 0 Å². The number of allylic oxidation sites excluding steroid dienone is 3. The summed E-state index contributed by atoms with van der Waals surface area (Å²) in [6.07, 6.45) is 8.61. The molecule has 2 aromatic carbocycles. The molecule has 0 N–H and O–H groups in total. The lowest BCUT2D eigenvalue weighted by Gasteiger charge is -2.24. The van der Waals surface area contributed by atoms with E-state index in [-0.39, 0.29) is 11.5 Å². The highest BCUT2D eigenvalue weighted by Gasteiger charge is 2.25. The molecule has 0 radical (unpaired) electrons. The van der Waals surface area contributed by atoms with Crippen molar-refractivity contribution < 1.29 is 14.5 Å². The topological polar surface area (TPSA) is 80.5 Å². The molecule has 1 unspecified atom stereocenters. The van der Waals surface area contributed by atoms with Crippen LogP contribution in [0.2, 0.25) is 0 Å². The van der Waals surface area contributed by atoms with Gasteiger partial charge >= 0.3 is 0 Å². The monoisotopic (exact) mass is 388 g/mol. The first-order valence-corrected chi connectivity index (χ1v) is 9.17. The second kappa shape index (κ2) is 8.93. The number of para-hydroxylation sites is 1. The highest BCUT2D eigenvalue weighted by molar-refractivity contribution is 6.15. The quantitative estimate of drug-likeness (QED) is 0.231. The van der Waals surface area contributed by atoms with Gasteiger partial charge in [-0.3, -0.25) is 19.7 Å². The lowest BCUT2D eigenvalue weighted by Crippen LogP contribution is -2.23. The fourth-order valence-electron chi connectivity index (χ4n) is 3.05. The Morgan fingerprint density at radius 3 is 2.41 bits per heavy atom. The number of Topliss-reactive ketones (excluding diaryl/α,β-unsaturated/α-hetero) is 1. The van der Waals surface area contributed by atoms with Crippen LogP contribution in [0.5, 0.6) is 0 Å². The van der Waals surface area contributed by atoms with Crippen LogP contribution < -0.4 is 0 Å². The summed E-state index contributed by atoms with van der Waals surface area (Å²) in [5, 5.41) is 11.5. The van der Waals surface area contributed by atoms with Gasteiger partial charge in [0.1, 0.15) is 0 Å². The van der Waals surface area contributed by atoms with Gasteiger partial charge in [0, 0.05) is 30.5 Å². The molecule has 1 heterocycles. The van der Waals surface area contributed by atoms with Crippen LogP contribution in [0.3, 0.4) is 0 Å². The minimum Gasteiger partial charge on any atom is -0.343 e. The van der Waals surface area contributed by atoms with E-state index in [1.54, 1.807) is 72.6 Å². The van der Waals surface area contributed by atoms with Crippen LogP contribution in [0, 0.1) is 16.0 Å². The van der Waals surface area contributed by atoms with Crippen molar-refractivity contribution in [3.63, 3.8) is 0 Å². The van der Waals surface area contributed by atoms with Crippen LogP contribution in [0.25, 0.3) is 5.70 Å². The third-order valence-electron chi connectivity index (χ3n) is 4.66. The molecule has 3 rings (SSSR count). The van der Waals surface area contributed by atoms with Crippen LogP contribution in [0.15, 0.2) is 85.1 Å². The van der Waals surface area contributed by atoms with Gasteiger partial charge in [-0.1, -0.05) is 54.6 Å². The molecular formula is C23H20N2O4. The van der Waals surface area contributed by atoms with E-state index >= 15 is 0 Å². The van der Waals surface area contributed by atoms with Crippen LogP contribution in [-0.2, 0) is 4.79 Å². The zero-order valence-electron chi connectivity index (χ0n) is 15.9. The van der Waals surface area contributed by atoms with Crippen molar-refractivity contribution in [2.24, 2.45) is 5.92 Å². The standard InChI is InChI=1S/C23H20N2O4/c1-17(23(27)18-10-4-2-5-11-18)22(26)16-21(24-14-8-3-9-15-24)19-12-6-7-13-20(19)25(28)29/h2-14,16-17H,15H2,1H3. The van der Waals surface area contributed by atoms with E-state index in [2.05, 4.69) is 0 Å². The number of nitro groups is 1. The summed E-state index contributed by atoms with van der Waals surface area (Å²) < 4.78 is 0. The smallest absolute Gasteiger partial charge is 0.278 e. The van der Waals surface area contributed by atoms with Crippen LogP contribution in [-0.4, -0.2) is 27.9 Å². The number of hydrogen-bond acceptors (Lipinski definition) is 5. The Morgan fingerprint density at radius 1 is 1.07 bits per heavy atom. The van der Waals surface area contributed by atoms with Crippen LogP contribution >= 0.6 is 0 Å². The highest BCUT2D eigenvalue weighted by atomic mass is 16.6. The second-order valence-corrected chi connectivity index (χ2v) is 6.58. The van der Waals surface area contributed by atoms with E-state index in [4.69, 9.17) is 0 Å². The molecular weight excluding hydrogens is 368 g/mol. The van der Waals surface area contributed by atoms with Crippen molar-refractivity contribution in [2.75, 3.05) is 6.54 Å². The minimum absolute atomic E-state index is 0.100. The maximum Gasteiger partial charge on any atom is 0.278 e. The molecule has 0 saturated carbocycles. The van der Waals surface area contributed by atoms with Crippen molar-refractivity contribution >= 4 is 23.0 Å². The molecule has 6 nitrogen and oxygen atoms in total. The first kappa shape index (κ1) is 19.9. The number of hydrogen-bond donors (Lipinski definition) is 0. The molecule has 0 fully saturated rings. The van der Waals surface area contributed by atoms with Gasteiger partial charge in [0.15, 0.2) is 11.6 Å². The molecule has 29 heavy (non-hydrogen) atoms. The molecule has 1 atom stereocenters. The summed E-state index contributed by atoms with van der Waals surface area (Å²) in [7, 11) is 0. The minimum atomic E-state index is -0.903. The summed E-state index contributed by atoms with van der Waals surface area (Å²) in [6.45, 7) is 2.01. The summed E-state index contributed by atoms with van der Waals surface area (Å²) in [5.41, 5.74) is 1.06. The number of nitrogens with zero attached hydrogens (tertiary/aromatic N) is 2. The number of ketones is 2. The number of nitro benzene ring substituents is 1. The zero-order chi connectivity index (χ0) is 20.8. The predicted octanol–water partition coefficient (Wildman–Crippen LogP) is 4.41. The fraction of sp³-hybridized carbons (Fsp3) is 0.130. The molecule has 0 amide bonds. The molecule has 0 spiro atoms. The van der Waals surface area contributed by atoms with Crippen molar-refractivity contribution in [2.45, 2.75) is 6.92 Å². The Kier molecular flexibility index (Phi) is 6.14. The second-order valence-electron chi connectivity index (χ2n) is 6.58. The van der Waals surface area contributed by atoms with Crippen LogP contribution in [0.1, 0.15) is 22.8 Å². The average Bonchev–Trinajstić information content (AvgIpc) is 2.77. The first-order chi connectivity index (χ1) is 14.0. The van der Waals surface area contributed by atoms with Crippen molar-refractivity contribution in [1.82, 2.24) is 4.90 Å². The van der Waals surface area contributed by atoms with E-state index < -0.39 is 16.6 Å². The molecule has 2 aromatic rings. The number of benzene rings is 2. The molecule has 6 heteroatoms. The SMILES string of the molecule is CC(C(=O)C=C(c1ccccc1[N+](=O)[O-])N1C=CC=CC1)C(=O)c1ccccc1. The summed E-state index contributed by atoms with van der Waals surface area (Å²) in [4.78, 5) is 38.4. The number of carbonyl (C=O) groups is 2. The van der Waals surface area contributed by atoms with E-state index in [0.717, 1.165) is 0 Å². The van der Waals surface area contributed by atoms with Gasteiger partial charge < -0.3 is 4.90 Å². The predicted molar refractivity (Wildman–Crippen MR) is 111 cm³/mol. The van der Waals surface area contributed by atoms with Gasteiger partial charge in [-0.05, 0) is 19.1 Å².